The summed E-state index contributed by atoms with van der Waals surface area (Å²) in [6.07, 6.45) is 1.58. The molecule has 3 aromatic carbocycles. The van der Waals surface area contributed by atoms with E-state index in [1.165, 1.54) is 16.7 Å². The Morgan fingerprint density at radius 2 is 1.88 bits per heavy atom. The molecule has 0 saturated carbocycles. The van der Waals surface area contributed by atoms with E-state index in [0.29, 0.717) is 23.9 Å². The van der Waals surface area contributed by atoms with Crippen LogP contribution < -0.4 is 14.9 Å². The van der Waals surface area contributed by atoms with Crippen LogP contribution >= 0.6 is 27.7 Å². The van der Waals surface area contributed by atoms with Gasteiger partial charge in [-0.1, -0.05) is 54.1 Å². The number of aryl methyl sites for hydroxylation is 2. The molecule has 0 aliphatic carbocycles. The lowest BCUT2D eigenvalue weighted by molar-refractivity contribution is -0.118. The normalized spacial score (nSPS) is 10.9. The number of nitrogens with zero attached hydrogens (tertiary/aromatic N) is 1. The van der Waals surface area contributed by atoms with Gasteiger partial charge in [0.05, 0.1) is 23.5 Å². The molecule has 3 rings (SSSR count). The Labute approximate surface area is 207 Å². The topological polar surface area (TPSA) is 59.9 Å². The zero-order valence-corrected chi connectivity index (χ0v) is 21.3. The number of halogens is 1. The first-order chi connectivity index (χ1) is 16.0. The van der Waals surface area contributed by atoms with Gasteiger partial charge in [-0.25, -0.2) is 5.43 Å². The Morgan fingerprint density at radius 1 is 1.12 bits per heavy atom. The van der Waals surface area contributed by atoms with E-state index in [-0.39, 0.29) is 5.91 Å². The van der Waals surface area contributed by atoms with Gasteiger partial charge in [-0.15, -0.1) is 11.8 Å². The zero-order valence-electron chi connectivity index (χ0n) is 18.9. The third kappa shape index (κ3) is 7.65. The maximum absolute atomic E-state index is 12.1. The van der Waals surface area contributed by atoms with Gasteiger partial charge in [0.15, 0.2) is 11.5 Å². The Hall–Kier alpha value is -2.77. The number of nitrogens with one attached hydrogen (secondary N) is 1. The van der Waals surface area contributed by atoms with Crippen molar-refractivity contribution in [2.24, 2.45) is 5.10 Å². The Bertz CT molecular complexity index is 1120. The summed E-state index contributed by atoms with van der Waals surface area (Å²) in [7, 11) is 1.59. The first-order valence-electron chi connectivity index (χ1n) is 10.5. The van der Waals surface area contributed by atoms with Crippen molar-refractivity contribution in [2.45, 2.75) is 26.2 Å². The fourth-order valence-electron chi connectivity index (χ4n) is 3.03. The van der Waals surface area contributed by atoms with Crippen LogP contribution in [0.3, 0.4) is 0 Å². The molecule has 0 fully saturated rings. The van der Waals surface area contributed by atoms with Crippen molar-refractivity contribution in [3.8, 4) is 11.5 Å². The highest BCUT2D eigenvalue weighted by atomic mass is 79.9. The Kier molecular flexibility index (Phi) is 9.39. The Morgan fingerprint density at radius 3 is 2.61 bits per heavy atom. The molecule has 0 radical (unpaired) electrons. The molecular formula is C26H27BrN2O3S. The van der Waals surface area contributed by atoms with Crippen molar-refractivity contribution < 1.29 is 14.3 Å². The number of ether oxygens (including phenoxy) is 2. The second-order valence-corrected chi connectivity index (χ2v) is 9.36. The van der Waals surface area contributed by atoms with Crippen LogP contribution in [0.4, 0.5) is 0 Å². The number of amides is 1. The van der Waals surface area contributed by atoms with Gasteiger partial charge in [-0.3, -0.25) is 4.79 Å². The number of methoxy groups -OCH3 is 1. The number of hydrazone groups is 1. The lowest BCUT2D eigenvalue weighted by Crippen LogP contribution is -2.19. The number of benzene rings is 3. The van der Waals surface area contributed by atoms with Gasteiger partial charge in [-0.2, -0.15) is 5.10 Å². The number of carbonyl (C=O) groups excluding carboxylic acids is 1. The quantitative estimate of drug-likeness (QED) is 0.258. The molecule has 3 aromatic rings. The monoisotopic (exact) mass is 526 g/mol. The smallest absolute Gasteiger partial charge is 0.250 e. The lowest BCUT2D eigenvalue weighted by Gasteiger charge is -2.13. The van der Waals surface area contributed by atoms with Crippen LogP contribution in [0, 0.1) is 13.8 Å². The number of rotatable bonds is 10. The summed E-state index contributed by atoms with van der Waals surface area (Å²) < 4.78 is 12.2. The number of hydrogen-bond acceptors (Lipinski definition) is 5. The maximum atomic E-state index is 12.1. The van der Waals surface area contributed by atoms with E-state index < -0.39 is 0 Å². The largest absolute Gasteiger partial charge is 0.493 e. The minimum Gasteiger partial charge on any atom is -0.493 e. The first-order valence-corrected chi connectivity index (χ1v) is 12.4. The molecule has 0 aliphatic heterocycles. The number of thioether (sulfide) groups is 1. The third-order valence-corrected chi connectivity index (χ3v) is 6.48. The summed E-state index contributed by atoms with van der Waals surface area (Å²) in [5, 5.41) is 4.08. The summed E-state index contributed by atoms with van der Waals surface area (Å²) in [4.78, 5) is 12.1. The van der Waals surface area contributed by atoms with Crippen molar-refractivity contribution in [3.63, 3.8) is 0 Å². The van der Waals surface area contributed by atoms with Gasteiger partial charge in [-0.05, 0) is 64.2 Å². The van der Waals surface area contributed by atoms with Crippen molar-refractivity contribution in [1.29, 1.82) is 0 Å². The van der Waals surface area contributed by atoms with Gasteiger partial charge in [0, 0.05) is 5.75 Å². The van der Waals surface area contributed by atoms with E-state index in [2.05, 4.69) is 64.6 Å². The minimum atomic E-state index is -0.145. The van der Waals surface area contributed by atoms with Gasteiger partial charge in [0.1, 0.15) is 6.61 Å². The fourth-order valence-corrected chi connectivity index (χ4v) is 4.50. The summed E-state index contributed by atoms with van der Waals surface area (Å²) >= 11 is 5.11. The summed E-state index contributed by atoms with van der Waals surface area (Å²) in [5.74, 6) is 2.18. The maximum Gasteiger partial charge on any atom is 0.250 e. The summed E-state index contributed by atoms with van der Waals surface area (Å²) in [6.45, 7) is 4.56. The molecule has 0 aliphatic rings. The summed E-state index contributed by atoms with van der Waals surface area (Å²) in [6, 6.07) is 20.1. The van der Waals surface area contributed by atoms with Crippen molar-refractivity contribution in [1.82, 2.24) is 5.43 Å². The second kappa shape index (κ2) is 12.5. The van der Waals surface area contributed by atoms with Gasteiger partial charge in [0.2, 0.25) is 5.91 Å². The highest BCUT2D eigenvalue weighted by Crippen LogP contribution is 2.36. The molecule has 7 heteroatoms. The van der Waals surface area contributed by atoms with Gasteiger partial charge >= 0.3 is 0 Å². The average molecular weight is 527 g/mol. The highest BCUT2D eigenvalue weighted by Gasteiger charge is 2.12. The number of carbonyl (C=O) groups is 1. The number of hydrogen-bond donors (Lipinski definition) is 1. The van der Waals surface area contributed by atoms with Crippen molar-refractivity contribution in [2.75, 3.05) is 12.9 Å². The molecule has 0 unspecified atom stereocenters. The predicted molar refractivity (Wildman–Crippen MR) is 139 cm³/mol. The lowest BCUT2D eigenvalue weighted by atomic mass is 10.1. The second-order valence-electron chi connectivity index (χ2n) is 7.52. The van der Waals surface area contributed by atoms with E-state index in [0.717, 1.165) is 21.4 Å². The fraction of sp³-hybridized carbons (Fsp3) is 0.231. The molecule has 1 N–H and O–H groups in total. The van der Waals surface area contributed by atoms with Crippen molar-refractivity contribution in [3.05, 3.63) is 93.0 Å². The zero-order chi connectivity index (χ0) is 23.6. The average Bonchev–Trinajstić information content (AvgIpc) is 2.80. The van der Waals surface area contributed by atoms with Crippen LogP contribution in [0.25, 0.3) is 0 Å². The van der Waals surface area contributed by atoms with E-state index >= 15 is 0 Å². The molecule has 0 saturated heterocycles. The van der Waals surface area contributed by atoms with E-state index in [9.17, 15) is 4.79 Å². The third-order valence-electron chi connectivity index (χ3n) is 4.91. The SMILES string of the molecule is COc1cc(/C=N\NC(=O)CSCc2ccccc2C)cc(Br)c1OCc1ccc(C)cc1. The van der Waals surface area contributed by atoms with Crippen LogP contribution in [-0.2, 0) is 17.2 Å². The molecule has 0 aromatic heterocycles. The highest BCUT2D eigenvalue weighted by molar-refractivity contribution is 9.10. The molecule has 0 spiro atoms. The van der Waals surface area contributed by atoms with Crippen LogP contribution in [0.2, 0.25) is 0 Å². The van der Waals surface area contributed by atoms with E-state index in [1.54, 1.807) is 25.1 Å². The molecule has 33 heavy (non-hydrogen) atoms. The van der Waals surface area contributed by atoms with E-state index in [4.69, 9.17) is 9.47 Å². The summed E-state index contributed by atoms with van der Waals surface area (Å²) in [5.41, 5.74) is 8.10. The van der Waals surface area contributed by atoms with Crippen LogP contribution in [0.5, 0.6) is 11.5 Å². The first kappa shape index (κ1) is 24.9. The van der Waals surface area contributed by atoms with Crippen LogP contribution in [0.1, 0.15) is 27.8 Å². The van der Waals surface area contributed by atoms with Gasteiger partial charge in [0.25, 0.3) is 0 Å². The Balaban J connectivity index is 1.53. The molecular weight excluding hydrogens is 500 g/mol. The molecule has 0 bridgehead atoms. The molecule has 172 valence electrons. The molecule has 0 atom stereocenters. The van der Waals surface area contributed by atoms with Crippen LogP contribution in [0.15, 0.2) is 70.2 Å². The van der Waals surface area contributed by atoms with Crippen LogP contribution in [-0.4, -0.2) is 25.0 Å². The predicted octanol–water partition coefficient (Wildman–Crippen LogP) is 6.04. The van der Waals surface area contributed by atoms with Gasteiger partial charge < -0.3 is 9.47 Å². The minimum absolute atomic E-state index is 0.145. The van der Waals surface area contributed by atoms with E-state index in [1.807, 2.05) is 36.4 Å². The van der Waals surface area contributed by atoms with Crippen molar-refractivity contribution >= 4 is 39.8 Å². The standard InChI is InChI=1S/C26H27BrN2O3S/c1-18-8-10-20(11-9-18)15-32-26-23(27)12-21(13-24(26)31-3)14-28-29-25(30)17-33-16-22-7-5-4-6-19(22)2/h4-14H,15-17H2,1-3H3,(H,29,30)/b28-14-. The molecule has 0 heterocycles. The molecule has 1 amide bonds. The molecule has 5 nitrogen and oxygen atoms in total.